The normalized spacial score (nSPS) is 38.0. The maximum atomic E-state index is 11.1. The van der Waals surface area contributed by atoms with Crippen molar-refractivity contribution >= 4 is 11.9 Å². The van der Waals surface area contributed by atoms with Crippen molar-refractivity contribution in [2.75, 3.05) is 0 Å². The maximum Gasteiger partial charge on any atom is 0.305 e. The van der Waals surface area contributed by atoms with Gasteiger partial charge in [-0.3, -0.25) is 9.59 Å². The fraction of sp³-hybridized carbons (Fsp3) is 0.667. The number of fused-ring (bicyclic) bond motifs is 5. The summed E-state index contributed by atoms with van der Waals surface area (Å²) in [6, 6.07) is 0. The highest BCUT2D eigenvalue weighted by molar-refractivity contribution is 5.70. The van der Waals surface area contributed by atoms with E-state index >= 15 is 0 Å². The Kier molecular flexibility index (Phi) is 2.54. The molecule has 4 atom stereocenters. The van der Waals surface area contributed by atoms with Crippen molar-refractivity contribution in [2.24, 2.45) is 11.8 Å². The van der Waals surface area contributed by atoms with Gasteiger partial charge in [0.2, 0.25) is 0 Å². The Morgan fingerprint density at radius 3 is 1.82 bits per heavy atom. The van der Waals surface area contributed by atoms with Crippen LogP contribution in [0.15, 0.2) is 12.2 Å². The average Bonchev–Trinajstić information content (AvgIpc) is 2.58. The van der Waals surface area contributed by atoms with E-state index < -0.39 is 17.7 Å². The minimum atomic E-state index is -1.07. The first-order chi connectivity index (χ1) is 7.54. The molecule has 0 N–H and O–H groups in total. The highest BCUT2D eigenvalue weighted by Crippen LogP contribution is 2.66. The van der Waals surface area contributed by atoms with Gasteiger partial charge in [0.15, 0.2) is 0 Å². The Balaban J connectivity index is 0.00000108. The number of esters is 2. The molecule has 2 bridgehead atoms. The molecule has 0 radical (unpaired) electrons. The first-order valence-corrected chi connectivity index (χ1v) is 5.27. The molecule has 2 fully saturated rings. The molecule has 0 aromatic rings. The molecule has 0 amide bonds. The molecule has 3 aliphatic rings. The van der Waals surface area contributed by atoms with Crippen LogP contribution in [-0.2, 0) is 23.8 Å². The van der Waals surface area contributed by atoms with Gasteiger partial charge in [0.1, 0.15) is 0 Å². The van der Waals surface area contributed by atoms with E-state index in [2.05, 4.69) is 0 Å². The molecular weight excluding hydrogens is 224 g/mol. The fourth-order valence-corrected chi connectivity index (χ4v) is 2.90. The van der Waals surface area contributed by atoms with E-state index in [4.69, 9.17) is 14.2 Å². The lowest BCUT2D eigenvalue weighted by Gasteiger charge is -2.23. The van der Waals surface area contributed by atoms with E-state index in [0.29, 0.717) is 0 Å². The van der Waals surface area contributed by atoms with Crippen molar-refractivity contribution in [3.05, 3.63) is 12.2 Å². The molecule has 0 aromatic heterocycles. The van der Waals surface area contributed by atoms with E-state index in [1.54, 1.807) is 0 Å². The summed E-state index contributed by atoms with van der Waals surface area (Å²) >= 11 is 0. The Hall–Kier alpha value is -1.36. The van der Waals surface area contributed by atoms with Gasteiger partial charge in [0, 0.05) is 13.8 Å². The van der Waals surface area contributed by atoms with E-state index in [1.165, 1.54) is 13.8 Å². The summed E-state index contributed by atoms with van der Waals surface area (Å²) in [5.41, 5.74) is 0. The summed E-state index contributed by atoms with van der Waals surface area (Å²) in [4.78, 5) is 22.1. The van der Waals surface area contributed by atoms with Crippen LogP contribution in [0.1, 0.15) is 21.3 Å². The minimum Gasteiger partial charge on any atom is -0.422 e. The van der Waals surface area contributed by atoms with E-state index in [9.17, 15) is 9.59 Å². The first-order valence-electron chi connectivity index (χ1n) is 5.27. The number of ether oxygens (including phenoxy) is 3. The fourth-order valence-electron chi connectivity index (χ4n) is 2.90. The zero-order chi connectivity index (χ0) is 11.5. The summed E-state index contributed by atoms with van der Waals surface area (Å²) < 4.78 is 16.0. The van der Waals surface area contributed by atoms with Crippen LogP contribution in [-0.4, -0.2) is 29.9 Å². The standard InChI is InChI=1S/C11H12O5.CH4/c1-5(12)15-11(16-6(2)13)9-7-3-4-8(14-7)10(9)11;/h3-4,7-10H,1-2H3;1H4. The van der Waals surface area contributed by atoms with E-state index in [0.717, 1.165) is 0 Å². The van der Waals surface area contributed by atoms with Gasteiger partial charge in [-0.1, -0.05) is 19.6 Å². The van der Waals surface area contributed by atoms with Crippen LogP contribution in [0.3, 0.4) is 0 Å². The second-order valence-corrected chi connectivity index (χ2v) is 4.41. The predicted molar refractivity (Wildman–Crippen MR) is 57.8 cm³/mol. The smallest absolute Gasteiger partial charge is 0.305 e. The lowest BCUT2D eigenvalue weighted by atomic mass is 10.1. The number of rotatable bonds is 2. The molecule has 1 saturated heterocycles. The van der Waals surface area contributed by atoms with Gasteiger partial charge in [-0.2, -0.15) is 0 Å². The van der Waals surface area contributed by atoms with Crippen LogP contribution in [0.5, 0.6) is 0 Å². The largest absolute Gasteiger partial charge is 0.422 e. The van der Waals surface area contributed by atoms with Crippen molar-refractivity contribution in [3.8, 4) is 0 Å². The number of hydrogen-bond acceptors (Lipinski definition) is 5. The van der Waals surface area contributed by atoms with Crippen molar-refractivity contribution in [3.63, 3.8) is 0 Å². The molecule has 94 valence electrons. The molecule has 1 saturated carbocycles. The monoisotopic (exact) mass is 240 g/mol. The van der Waals surface area contributed by atoms with Crippen LogP contribution in [0.2, 0.25) is 0 Å². The Bertz CT molecular complexity index is 364. The number of carbonyl (C=O) groups is 2. The van der Waals surface area contributed by atoms with Gasteiger partial charge in [-0.15, -0.1) is 0 Å². The first kappa shape index (κ1) is 12.1. The summed E-state index contributed by atoms with van der Waals surface area (Å²) in [5, 5.41) is 0. The van der Waals surface area contributed by atoms with Gasteiger partial charge in [-0.05, 0) is 0 Å². The summed E-state index contributed by atoms with van der Waals surface area (Å²) in [6.45, 7) is 2.63. The molecule has 3 rings (SSSR count). The Labute approximate surface area is 99.7 Å². The van der Waals surface area contributed by atoms with Crippen molar-refractivity contribution in [2.45, 2.75) is 39.3 Å². The third-order valence-electron chi connectivity index (χ3n) is 3.33. The zero-order valence-corrected chi connectivity index (χ0v) is 9.01. The Morgan fingerprint density at radius 2 is 1.47 bits per heavy atom. The number of hydrogen-bond donors (Lipinski definition) is 0. The lowest BCUT2D eigenvalue weighted by Crippen LogP contribution is -2.34. The highest BCUT2D eigenvalue weighted by Gasteiger charge is 2.81. The van der Waals surface area contributed by atoms with Crippen LogP contribution in [0, 0.1) is 11.8 Å². The molecule has 0 spiro atoms. The van der Waals surface area contributed by atoms with Crippen LogP contribution in [0.4, 0.5) is 0 Å². The molecular formula is C12H16O5. The minimum absolute atomic E-state index is 0. The molecule has 5 nitrogen and oxygen atoms in total. The lowest BCUT2D eigenvalue weighted by molar-refractivity contribution is -0.210. The molecule has 4 unspecified atom stereocenters. The molecule has 0 aromatic carbocycles. The molecule has 5 heteroatoms. The average molecular weight is 240 g/mol. The second-order valence-electron chi connectivity index (χ2n) is 4.41. The van der Waals surface area contributed by atoms with Gasteiger partial charge < -0.3 is 14.2 Å². The SMILES string of the molecule is C.CC(=O)OC1(OC(C)=O)C2C3C=CC(O3)C21. The third-order valence-corrected chi connectivity index (χ3v) is 3.33. The van der Waals surface area contributed by atoms with Crippen molar-refractivity contribution in [1.82, 2.24) is 0 Å². The summed E-state index contributed by atoms with van der Waals surface area (Å²) in [5.74, 6) is -2.01. The quantitative estimate of drug-likeness (QED) is 0.410. The van der Waals surface area contributed by atoms with E-state index in [-0.39, 0.29) is 31.5 Å². The summed E-state index contributed by atoms with van der Waals surface area (Å²) in [7, 11) is 0. The van der Waals surface area contributed by atoms with Crippen molar-refractivity contribution in [1.29, 1.82) is 0 Å². The topological polar surface area (TPSA) is 61.8 Å². The zero-order valence-electron chi connectivity index (χ0n) is 9.01. The maximum absolute atomic E-state index is 11.1. The van der Waals surface area contributed by atoms with E-state index in [1.807, 2.05) is 12.2 Å². The van der Waals surface area contributed by atoms with Gasteiger partial charge in [-0.25, -0.2) is 0 Å². The predicted octanol–water partition coefficient (Wildman–Crippen LogP) is 1.03. The van der Waals surface area contributed by atoms with Crippen LogP contribution < -0.4 is 0 Å². The summed E-state index contributed by atoms with van der Waals surface area (Å²) in [6.07, 6.45) is 3.68. The second kappa shape index (κ2) is 3.57. The van der Waals surface area contributed by atoms with Gasteiger partial charge in [0.25, 0.3) is 5.79 Å². The molecule has 17 heavy (non-hydrogen) atoms. The van der Waals surface area contributed by atoms with Crippen LogP contribution in [0.25, 0.3) is 0 Å². The number of carbonyl (C=O) groups excluding carboxylic acids is 2. The van der Waals surface area contributed by atoms with Gasteiger partial charge >= 0.3 is 11.9 Å². The molecule has 1 aliphatic carbocycles. The third kappa shape index (κ3) is 1.49. The van der Waals surface area contributed by atoms with Crippen molar-refractivity contribution < 1.29 is 23.8 Å². The van der Waals surface area contributed by atoms with Crippen LogP contribution >= 0.6 is 0 Å². The Morgan fingerprint density at radius 1 is 1.06 bits per heavy atom. The molecule has 2 aliphatic heterocycles. The highest BCUT2D eigenvalue weighted by atomic mass is 16.8. The van der Waals surface area contributed by atoms with Gasteiger partial charge in [0.05, 0.1) is 24.0 Å². The molecule has 2 heterocycles.